The quantitative estimate of drug-likeness (QED) is 0.768. The highest BCUT2D eigenvalue weighted by atomic mass is 32.1. The van der Waals surface area contributed by atoms with E-state index in [1.54, 1.807) is 17.4 Å². The fourth-order valence-electron chi connectivity index (χ4n) is 1.64. The molecule has 0 spiro atoms. The molecule has 0 radical (unpaired) electrons. The van der Waals surface area contributed by atoms with Crippen LogP contribution in [0.15, 0.2) is 30.3 Å². The van der Waals surface area contributed by atoms with Gasteiger partial charge in [0.1, 0.15) is 0 Å². The van der Waals surface area contributed by atoms with Gasteiger partial charge in [-0.05, 0) is 41.8 Å². The summed E-state index contributed by atoms with van der Waals surface area (Å²) < 4.78 is 18.5. The largest absolute Gasteiger partial charge is 0.494 e. The van der Waals surface area contributed by atoms with Crippen LogP contribution in [0.3, 0.4) is 0 Å². The number of ether oxygens (including phenoxy) is 1. The first kappa shape index (κ1) is 12.1. The third-order valence-electron chi connectivity index (χ3n) is 2.63. The first-order valence-corrected chi connectivity index (χ1v) is 6.37. The van der Waals surface area contributed by atoms with E-state index in [1.807, 2.05) is 12.1 Å². The molecule has 0 aliphatic carbocycles. The Labute approximate surface area is 105 Å². The third-order valence-corrected chi connectivity index (χ3v) is 4.07. The molecule has 2 rings (SSSR count). The number of benzene rings is 1. The molecule has 0 atom stereocenters. The lowest BCUT2D eigenvalue weighted by Gasteiger charge is -2.03. The van der Waals surface area contributed by atoms with Crippen LogP contribution in [0.5, 0.6) is 5.75 Å². The number of rotatable bonds is 3. The molecule has 0 N–H and O–H groups in total. The van der Waals surface area contributed by atoms with Gasteiger partial charge in [0.15, 0.2) is 11.6 Å². The maximum atomic E-state index is 13.6. The Morgan fingerprint density at radius 1 is 1.18 bits per heavy atom. The van der Waals surface area contributed by atoms with Gasteiger partial charge in [-0.3, -0.25) is 0 Å². The summed E-state index contributed by atoms with van der Waals surface area (Å²) >= 11 is 1.71. The van der Waals surface area contributed by atoms with E-state index in [9.17, 15) is 4.39 Å². The molecule has 1 aromatic heterocycles. The Morgan fingerprint density at radius 3 is 2.47 bits per heavy atom. The Kier molecular flexibility index (Phi) is 3.48. The fourth-order valence-corrected chi connectivity index (χ4v) is 2.64. The van der Waals surface area contributed by atoms with Gasteiger partial charge in [-0.2, -0.15) is 0 Å². The van der Waals surface area contributed by atoms with Gasteiger partial charge in [0.2, 0.25) is 0 Å². The second-order valence-electron chi connectivity index (χ2n) is 4.21. The molecule has 0 bridgehead atoms. The number of thiophene rings is 1. The lowest BCUT2D eigenvalue weighted by Crippen LogP contribution is -1.87. The Bertz CT molecular complexity index is 517. The minimum Gasteiger partial charge on any atom is -0.494 e. The second-order valence-corrected chi connectivity index (χ2v) is 5.32. The van der Waals surface area contributed by atoms with E-state index in [4.69, 9.17) is 4.74 Å². The molecule has 17 heavy (non-hydrogen) atoms. The molecule has 0 aliphatic rings. The zero-order valence-corrected chi connectivity index (χ0v) is 11.0. The molecule has 0 aliphatic heterocycles. The first-order chi connectivity index (χ1) is 8.11. The Morgan fingerprint density at radius 2 is 1.94 bits per heavy atom. The molecule has 0 saturated carbocycles. The van der Waals surface area contributed by atoms with Crippen molar-refractivity contribution in [3.63, 3.8) is 0 Å². The van der Waals surface area contributed by atoms with Crippen molar-refractivity contribution in [3.05, 3.63) is 41.0 Å². The molecule has 2 aromatic rings. The summed E-state index contributed by atoms with van der Waals surface area (Å²) in [5, 5.41) is 0. The van der Waals surface area contributed by atoms with Gasteiger partial charge in [0.25, 0.3) is 0 Å². The maximum absolute atomic E-state index is 13.6. The standard InChI is InChI=1S/C14H15FOS/c1-9(2)13-6-7-14(17-13)10-4-5-12(16-3)11(15)8-10/h4-9H,1-3H3. The molecule has 3 heteroatoms. The highest BCUT2D eigenvalue weighted by molar-refractivity contribution is 7.15. The van der Waals surface area contributed by atoms with Crippen LogP contribution in [-0.2, 0) is 0 Å². The van der Waals surface area contributed by atoms with Gasteiger partial charge in [-0.15, -0.1) is 11.3 Å². The topological polar surface area (TPSA) is 9.23 Å². The number of halogens is 1. The summed E-state index contributed by atoms with van der Waals surface area (Å²) in [6.45, 7) is 4.31. The number of hydrogen-bond acceptors (Lipinski definition) is 2. The summed E-state index contributed by atoms with van der Waals surface area (Å²) in [5.74, 6) is 0.482. The van der Waals surface area contributed by atoms with E-state index in [0.29, 0.717) is 5.92 Å². The Balaban J connectivity index is 2.36. The molecule has 1 heterocycles. The van der Waals surface area contributed by atoms with E-state index in [2.05, 4.69) is 19.9 Å². The summed E-state index contributed by atoms with van der Waals surface area (Å²) in [4.78, 5) is 2.41. The van der Waals surface area contributed by atoms with Crippen molar-refractivity contribution in [2.75, 3.05) is 7.11 Å². The fraction of sp³-hybridized carbons (Fsp3) is 0.286. The van der Waals surface area contributed by atoms with Gasteiger partial charge in [-0.25, -0.2) is 4.39 Å². The molecular weight excluding hydrogens is 235 g/mol. The lowest BCUT2D eigenvalue weighted by atomic mass is 10.1. The van der Waals surface area contributed by atoms with Gasteiger partial charge < -0.3 is 4.74 Å². The van der Waals surface area contributed by atoms with Gasteiger partial charge in [-0.1, -0.05) is 13.8 Å². The molecule has 1 nitrogen and oxygen atoms in total. The predicted molar refractivity (Wildman–Crippen MR) is 70.4 cm³/mol. The zero-order chi connectivity index (χ0) is 12.4. The van der Waals surface area contributed by atoms with Crippen LogP contribution in [-0.4, -0.2) is 7.11 Å². The molecule has 90 valence electrons. The zero-order valence-electron chi connectivity index (χ0n) is 10.2. The van der Waals surface area contributed by atoms with Gasteiger partial charge in [0, 0.05) is 9.75 Å². The minimum absolute atomic E-state index is 0.286. The van der Waals surface area contributed by atoms with Crippen molar-refractivity contribution in [1.29, 1.82) is 0 Å². The highest BCUT2D eigenvalue weighted by Gasteiger charge is 2.08. The van der Waals surface area contributed by atoms with Crippen LogP contribution in [0.1, 0.15) is 24.6 Å². The van der Waals surface area contributed by atoms with E-state index < -0.39 is 0 Å². The predicted octanol–water partition coefficient (Wildman–Crippen LogP) is 4.69. The monoisotopic (exact) mass is 250 g/mol. The molecule has 0 unspecified atom stereocenters. The van der Waals surface area contributed by atoms with Gasteiger partial charge >= 0.3 is 0 Å². The van der Waals surface area contributed by atoms with Crippen molar-refractivity contribution in [1.82, 2.24) is 0 Å². The summed E-state index contributed by atoms with van der Waals surface area (Å²) in [6, 6.07) is 9.22. The van der Waals surface area contributed by atoms with E-state index in [1.165, 1.54) is 18.1 Å². The van der Waals surface area contributed by atoms with Crippen LogP contribution in [0.4, 0.5) is 4.39 Å². The van der Waals surface area contributed by atoms with Crippen molar-refractivity contribution >= 4 is 11.3 Å². The highest BCUT2D eigenvalue weighted by Crippen LogP contribution is 2.33. The minimum atomic E-state index is -0.315. The van der Waals surface area contributed by atoms with Crippen molar-refractivity contribution in [2.24, 2.45) is 0 Å². The molecule has 0 amide bonds. The van der Waals surface area contributed by atoms with Crippen LogP contribution < -0.4 is 4.74 Å². The Hall–Kier alpha value is -1.35. The van der Waals surface area contributed by atoms with Crippen LogP contribution >= 0.6 is 11.3 Å². The summed E-state index contributed by atoms with van der Waals surface area (Å²) in [5.41, 5.74) is 0.903. The first-order valence-electron chi connectivity index (χ1n) is 5.55. The van der Waals surface area contributed by atoms with Crippen LogP contribution in [0.25, 0.3) is 10.4 Å². The van der Waals surface area contributed by atoms with E-state index in [-0.39, 0.29) is 11.6 Å². The van der Waals surface area contributed by atoms with Crippen molar-refractivity contribution in [3.8, 4) is 16.2 Å². The van der Waals surface area contributed by atoms with Crippen LogP contribution in [0, 0.1) is 5.82 Å². The molecule has 1 aromatic carbocycles. The van der Waals surface area contributed by atoms with Crippen molar-refractivity contribution < 1.29 is 9.13 Å². The van der Waals surface area contributed by atoms with E-state index in [0.717, 1.165) is 10.4 Å². The third kappa shape index (κ3) is 2.50. The SMILES string of the molecule is COc1ccc(-c2ccc(C(C)C)s2)cc1F. The number of hydrogen-bond donors (Lipinski definition) is 0. The molecule has 0 fully saturated rings. The average molecular weight is 250 g/mol. The molecule has 0 saturated heterocycles. The lowest BCUT2D eigenvalue weighted by molar-refractivity contribution is 0.386. The second kappa shape index (κ2) is 4.88. The average Bonchev–Trinajstić information content (AvgIpc) is 2.78. The smallest absolute Gasteiger partial charge is 0.165 e. The van der Waals surface area contributed by atoms with Crippen molar-refractivity contribution in [2.45, 2.75) is 19.8 Å². The van der Waals surface area contributed by atoms with Gasteiger partial charge in [0.05, 0.1) is 7.11 Å². The van der Waals surface area contributed by atoms with Crippen LogP contribution in [0.2, 0.25) is 0 Å². The summed E-state index contributed by atoms with van der Waals surface area (Å²) in [7, 11) is 1.47. The maximum Gasteiger partial charge on any atom is 0.165 e. The summed E-state index contributed by atoms with van der Waals surface area (Å²) in [6.07, 6.45) is 0. The number of methoxy groups -OCH3 is 1. The van der Waals surface area contributed by atoms with E-state index >= 15 is 0 Å². The molecular formula is C14H15FOS. The normalized spacial score (nSPS) is 10.9.